The monoisotopic (exact) mass is 294 g/mol. The van der Waals surface area contributed by atoms with Crippen LogP contribution in [0.1, 0.15) is 18.9 Å². The molecule has 0 aliphatic rings. The normalized spacial score (nSPS) is 9.76. The Morgan fingerprint density at radius 2 is 1.86 bits per heavy atom. The van der Waals surface area contributed by atoms with Crippen molar-refractivity contribution in [2.45, 2.75) is 19.8 Å². The van der Waals surface area contributed by atoms with Gasteiger partial charge in [0.2, 0.25) is 0 Å². The Balaban J connectivity index is 2.34. The molecule has 0 bridgehead atoms. The maximum atomic E-state index is 11.5. The Kier molecular flexibility index (Phi) is 6.73. The summed E-state index contributed by atoms with van der Waals surface area (Å²) in [6, 6.07) is 6.04. The van der Waals surface area contributed by atoms with Crippen molar-refractivity contribution in [2.24, 2.45) is 0 Å². The van der Waals surface area contributed by atoms with E-state index >= 15 is 0 Å². The molecule has 7 heteroatoms. The van der Waals surface area contributed by atoms with Gasteiger partial charge in [0.15, 0.2) is 0 Å². The summed E-state index contributed by atoms with van der Waals surface area (Å²) in [4.78, 5) is 33.1. The zero-order chi connectivity index (χ0) is 15.7. The van der Waals surface area contributed by atoms with Gasteiger partial charge in [-0.05, 0) is 24.6 Å². The summed E-state index contributed by atoms with van der Waals surface area (Å²) in [5.41, 5.74) is 1.19. The van der Waals surface area contributed by atoms with E-state index in [1.807, 2.05) is 0 Å². The number of carboxylic acid groups (broad SMARTS) is 1. The predicted octanol–water partition coefficient (Wildman–Crippen LogP) is 1.39. The molecule has 1 aromatic carbocycles. The minimum Gasteiger partial charge on any atom is -0.481 e. The summed E-state index contributed by atoms with van der Waals surface area (Å²) < 4.78 is 4.73. The number of carboxylic acids is 1. The fourth-order valence-corrected chi connectivity index (χ4v) is 1.57. The van der Waals surface area contributed by atoms with Crippen LogP contribution in [0.5, 0.6) is 0 Å². The summed E-state index contributed by atoms with van der Waals surface area (Å²) in [5.74, 6) is -1.27. The Hall–Kier alpha value is -2.57. The molecular formula is C14H18N2O5. The zero-order valence-corrected chi connectivity index (χ0v) is 11.7. The molecule has 1 aromatic rings. The van der Waals surface area contributed by atoms with Crippen LogP contribution >= 0.6 is 0 Å². The second-order valence-corrected chi connectivity index (χ2v) is 4.20. The van der Waals surface area contributed by atoms with E-state index in [0.717, 1.165) is 0 Å². The molecule has 0 aliphatic carbocycles. The average molecular weight is 294 g/mol. The number of amides is 2. The summed E-state index contributed by atoms with van der Waals surface area (Å²) in [6.07, 6.45) is 0.0465. The third kappa shape index (κ3) is 6.95. The van der Waals surface area contributed by atoms with Crippen LogP contribution in [0.25, 0.3) is 0 Å². The van der Waals surface area contributed by atoms with E-state index in [4.69, 9.17) is 9.84 Å². The smallest absolute Gasteiger partial charge is 0.319 e. The van der Waals surface area contributed by atoms with E-state index in [1.54, 1.807) is 31.2 Å². The second kappa shape index (κ2) is 8.57. The maximum absolute atomic E-state index is 11.5. The Morgan fingerprint density at radius 1 is 1.19 bits per heavy atom. The van der Waals surface area contributed by atoms with Gasteiger partial charge in [-0.25, -0.2) is 4.79 Å². The van der Waals surface area contributed by atoms with E-state index in [2.05, 4.69) is 10.6 Å². The first-order valence-electron chi connectivity index (χ1n) is 6.52. The molecule has 0 spiro atoms. The van der Waals surface area contributed by atoms with Crippen LogP contribution in [0.3, 0.4) is 0 Å². The number of carbonyl (C=O) groups excluding carboxylic acids is 2. The summed E-state index contributed by atoms with van der Waals surface area (Å²) >= 11 is 0. The van der Waals surface area contributed by atoms with Crippen LogP contribution in [-0.4, -0.2) is 36.2 Å². The number of benzene rings is 1. The number of hydrogen-bond donors (Lipinski definition) is 3. The molecular weight excluding hydrogens is 276 g/mol. The van der Waals surface area contributed by atoms with Crippen LogP contribution in [0, 0.1) is 0 Å². The number of anilines is 1. The molecule has 0 unspecified atom stereocenters. The van der Waals surface area contributed by atoms with Gasteiger partial charge in [-0.1, -0.05) is 12.1 Å². The van der Waals surface area contributed by atoms with Crippen LogP contribution in [0.15, 0.2) is 24.3 Å². The van der Waals surface area contributed by atoms with Gasteiger partial charge in [0.1, 0.15) is 0 Å². The lowest BCUT2D eigenvalue weighted by Gasteiger charge is -2.08. The summed E-state index contributed by atoms with van der Waals surface area (Å²) in [7, 11) is 0. The molecule has 0 aliphatic heterocycles. The largest absolute Gasteiger partial charge is 0.481 e. The maximum Gasteiger partial charge on any atom is 0.319 e. The van der Waals surface area contributed by atoms with Gasteiger partial charge in [0.25, 0.3) is 0 Å². The summed E-state index contributed by atoms with van der Waals surface area (Å²) in [6.45, 7) is 2.21. The molecule has 0 radical (unpaired) electrons. The SMILES string of the molecule is CCOC(=O)CCNC(=O)Nc1ccc(CC(=O)O)cc1. The van der Waals surface area contributed by atoms with Gasteiger partial charge < -0.3 is 20.5 Å². The molecule has 114 valence electrons. The van der Waals surface area contributed by atoms with E-state index in [-0.39, 0.29) is 25.4 Å². The van der Waals surface area contributed by atoms with Crippen molar-refractivity contribution in [1.29, 1.82) is 0 Å². The molecule has 2 amide bonds. The summed E-state index contributed by atoms with van der Waals surface area (Å²) in [5, 5.41) is 13.7. The fraction of sp³-hybridized carbons (Fsp3) is 0.357. The lowest BCUT2D eigenvalue weighted by molar-refractivity contribution is -0.143. The number of urea groups is 1. The lowest BCUT2D eigenvalue weighted by Crippen LogP contribution is -2.30. The zero-order valence-electron chi connectivity index (χ0n) is 11.7. The Bertz CT molecular complexity index is 499. The molecule has 0 saturated carbocycles. The highest BCUT2D eigenvalue weighted by molar-refractivity contribution is 5.89. The predicted molar refractivity (Wildman–Crippen MR) is 76.1 cm³/mol. The number of aliphatic carboxylic acids is 1. The lowest BCUT2D eigenvalue weighted by atomic mass is 10.1. The minimum absolute atomic E-state index is 0.0635. The number of hydrogen-bond acceptors (Lipinski definition) is 4. The van der Waals surface area contributed by atoms with Gasteiger partial charge in [-0.15, -0.1) is 0 Å². The highest BCUT2D eigenvalue weighted by Crippen LogP contribution is 2.09. The molecule has 0 atom stereocenters. The third-order valence-electron chi connectivity index (χ3n) is 2.49. The van der Waals surface area contributed by atoms with Gasteiger partial charge in [0, 0.05) is 12.2 Å². The molecule has 7 nitrogen and oxygen atoms in total. The van der Waals surface area contributed by atoms with Crippen LogP contribution in [0.2, 0.25) is 0 Å². The average Bonchev–Trinajstić information content (AvgIpc) is 2.40. The van der Waals surface area contributed by atoms with E-state index in [0.29, 0.717) is 17.9 Å². The molecule has 0 fully saturated rings. The van der Waals surface area contributed by atoms with Crippen molar-refractivity contribution in [1.82, 2.24) is 5.32 Å². The third-order valence-corrected chi connectivity index (χ3v) is 2.49. The number of ether oxygens (including phenoxy) is 1. The number of rotatable bonds is 7. The highest BCUT2D eigenvalue weighted by Gasteiger charge is 2.05. The Morgan fingerprint density at radius 3 is 2.43 bits per heavy atom. The molecule has 3 N–H and O–H groups in total. The van der Waals surface area contributed by atoms with Gasteiger partial charge in [-0.3, -0.25) is 9.59 Å². The van der Waals surface area contributed by atoms with E-state index < -0.39 is 12.0 Å². The van der Waals surface area contributed by atoms with Crippen LogP contribution in [-0.2, 0) is 20.7 Å². The van der Waals surface area contributed by atoms with Crippen molar-refractivity contribution in [3.63, 3.8) is 0 Å². The fourth-order valence-electron chi connectivity index (χ4n) is 1.57. The number of nitrogens with one attached hydrogen (secondary N) is 2. The van der Waals surface area contributed by atoms with Crippen LogP contribution < -0.4 is 10.6 Å². The second-order valence-electron chi connectivity index (χ2n) is 4.20. The topological polar surface area (TPSA) is 105 Å². The van der Waals surface area contributed by atoms with Crippen molar-refractivity contribution < 1.29 is 24.2 Å². The van der Waals surface area contributed by atoms with Crippen molar-refractivity contribution in [3.8, 4) is 0 Å². The molecule has 1 rings (SSSR count). The van der Waals surface area contributed by atoms with Crippen molar-refractivity contribution in [2.75, 3.05) is 18.5 Å². The molecule has 0 heterocycles. The standard InChI is InChI=1S/C14H18N2O5/c1-2-21-13(19)7-8-15-14(20)16-11-5-3-10(4-6-11)9-12(17)18/h3-6H,2,7-9H2,1H3,(H,17,18)(H2,15,16,20). The van der Waals surface area contributed by atoms with E-state index in [9.17, 15) is 14.4 Å². The van der Waals surface area contributed by atoms with Crippen molar-refractivity contribution >= 4 is 23.7 Å². The number of carbonyl (C=O) groups is 3. The van der Waals surface area contributed by atoms with E-state index in [1.165, 1.54) is 0 Å². The van der Waals surface area contributed by atoms with Gasteiger partial charge >= 0.3 is 18.0 Å². The minimum atomic E-state index is -0.910. The van der Waals surface area contributed by atoms with Gasteiger partial charge in [0.05, 0.1) is 19.4 Å². The quantitative estimate of drug-likeness (QED) is 0.659. The highest BCUT2D eigenvalue weighted by atomic mass is 16.5. The van der Waals surface area contributed by atoms with Crippen molar-refractivity contribution in [3.05, 3.63) is 29.8 Å². The number of esters is 1. The first-order valence-corrected chi connectivity index (χ1v) is 6.52. The Labute approximate surface area is 122 Å². The molecule has 0 saturated heterocycles. The van der Waals surface area contributed by atoms with Crippen LogP contribution in [0.4, 0.5) is 10.5 Å². The first kappa shape index (κ1) is 16.5. The molecule has 21 heavy (non-hydrogen) atoms. The molecule has 0 aromatic heterocycles. The first-order chi connectivity index (χ1) is 10.0. The van der Waals surface area contributed by atoms with Gasteiger partial charge in [-0.2, -0.15) is 0 Å².